The zero-order valence-electron chi connectivity index (χ0n) is 19.9. The molecule has 3 unspecified atom stereocenters. The standard InChI is InChI=1S/C26H33ClN2O5S/c1-2-24(26(10-11-26)25(29)30)35(31,32)34-13-12-33-20-8-6-18-7-9-23(28)22(21(18)16-20)15-17-4-3-5-19(27)14-17/h3-6,8,14,16,22-24H,2,7,9-13,15,28H2,1H3,(H2,29,30). The number of rotatable bonds is 11. The van der Waals surface area contributed by atoms with Crippen molar-refractivity contribution in [2.24, 2.45) is 16.9 Å². The highest BCUT2D eigenvalue weighted by Crippen LogP contribution is 2.52. The molecule has 2 aromatic carbocycles. The maximum Gasteiger partial charge on any atom is 0.271 e. The summed E-state index contributed by atoms with van der Waals surface area (Å²) in [6, 6.07) is 13.8. The van der Waals surface area contributed by atoms with Crippen LogP contribution in [0.25, 0.3) is 0 Å². The molecule has 0 saturated heterocycles. The Bertz CT molecular complexity index is 1180. The fourth-order valence-electron chi connectivity index (χ4n) is 5.29. The van der Waals surface area contributed by atoms with E-state index in [1.807, 2.05) is 30.3 Å². The molecule has 0 aromatic heterocycles. The summed E-state index contributed by atoms with van der Waals surface area (Å²) in [5.74, 6) is 0.191. The number of fused-ring (bicyclic) bond motifs is 1. The first-order valence-corrected chi connectivity index (χ1v) is 13.9. The Morgan fingerprint density at radius 2 is 1.97 bits per heavy atom. The summed E-state index contributed by atoms with van der Waals surface area (Å²) in [6.45, 7) is 1.64. The molecule has 2 aliphatic carbocycles. The Hall–Kier alpha value is -2.13. The number of aryl methyl sites for hydroxylation is 1. The summed E-state index contributed by atoms with van der Waals surface area (Å²) in [7, 11) is -3.94. The van der Waals surface area contributed by atoms with Gasteiger partial charge in [-0.3, -0.25) is 8.98 Å². The molecule has 9 heteroatoms. The summed E-state index contributed by atoms with van der Waals surface area (Å²) < 4.78 is 36.5. The lowest BCUT2D eigenvalue weighted by molar-refractivity contribution is -0.123. The summed E-state index contributed by atoms with van der Waals surface area (Å²) in [5, 5.41) is -0.224. The number of carbonyl (C=O) groups excluding carboxylic acids is 1. The third kappa shape index (κ3) is 5.66. The van der Waals surface area contributed by atoms with E-state index in [2.05, 4.69) is 12.1 Å². The van der Waals surface area contributed by atoms with Crippen molar-refractivity contribution in [3.05, 3.63) is 64.2 Å². The molecular weight excluding hydrogens is 488 g/mol. The average Bonchev–Trinajstić information content (AvgIpc) is 3.61. The summed E-state index contributed by atoms with van der Waals surface area (Å²) in [6.07, 6.45) is 3.82. The van der Waals surface area contributed by atoms with Crippen molar-refractivity contribution < 1.29 is 22.1 Å². The van der Waals surface area contributed by atoms with Gasteiger partial charge in [0.15, 0.2) is 0 Å². The fraction of sp³-hybridized carbons (Fsp3) is 0.500. The lowest BCUT2D eigenvalue weighted by atomic mass is 9.76. The summed E-state index contributed by atoms with van der Waals surface area (Å²) >= 11 is 6.17. The van der Waals surface area contributed by atoms with Crippen molar-refractivity contribution in [2.45, 2.75) is 62.7 Å². The number of nitrogens with two attached hydrogens (primary N) is 2. The molecule has 1 saturated carbocycles. The maximum atomic E-state index is 12.7. The summed E-state index contributed by atoms with van der Waals surface area (Å²) in [5.41, 5.74) is 14.5. The van der Waals surface area contributed by atoms with E-state index in [0.717, 1.165) is 30.4 Å². The van der Waals surface area contributed by atoms with Crippen LogP contribution in [0.15, 0.2) is 42.5 Å². The molecule has 4 N–H and O–H groups in total. The Kier molecular flexibility index (Phi) is 7.76. The lowest BCUT2D eigenvalue weighted by Crippen LogP contribution is -2.41. The molecule has 0 radical (unpaired) electrons. The second-order valence-electron chi connectivity index (χ2n) is 9.58. The van der Waals surface area contributed by atoms with Gasteiger partial charge in [0.1, 0.15) is 24.2 Å². The van der Waals surface area contributed by atoms with Gasteiger partial charge in [-0.05, 0) is 79.5 Å². The van der Waals surface area contributed by atoms with E-state index < -0.39 is 26.7 Å². The first-order valence-electron chi connectivity index (χ1n) is 12.1. The number of primary amides is 1. The topological polar surface area (TPSA) is 122 Å². The van der Waals surface area contributed by atoms with Gasteiger partial charge in [0.25, 0.3) is 10.1 Å². The Labute approximate surface area is 212 Å². The molecule has 190 valence electrons. The predicted molar refractivity (Wildman–Crippen MR) is 136 cm³/mol. The first-order chi connectivity index (χ1) is 16.7. The minimum atomic E-state index is -3.94. The van der Waals surface area contributed by atoms with E-state index in [9.17, 15) is 13.2 Å². The van der Waals surface area contributed by atoms with E-state index in [1.54, 1.807) is 6.92 Å². The van der Waals surface area contributed by atoms with Gasteiger partial charge in [-0.2, -0.15) is 8.42 Å². The average molecular weight is 521 g/mol. The zero-order chi connectivity index (χ0) is 25.2. The molecule has 0 bridgehead atoms. The molecule has 1 fully saturated rings. The zero-order valence-corrected chi connectivity index (χ0v) is 21.5. The first kappa shape index (κ1) is 25.9. The Balaban J connectivity index is 1.39. The minimum Gasteiger partial charge on any atom is -0.491 e. The van der Waals surface area contributed by atoms with Crippen LogP contribution in [0.1, 0.15) is 55.2 Å². The molecule has 4 rings (SSSR count). The van der Waals surface area contributed by atoms with Gasteiger partial charge >= 0.3 is 0 Å². The third-order valence-corrected chi connectivity index (χ3v) is 9.55. The van der Waals surface area contributed by atoms with Gasteiger partial charge in [0, 0.05) is 17.0 Å². The van der Waals surface area contributed by atoms with Gasteiger partial charge in [-0.25, -0.2) is 0 Å². The number of amides is 1. The van der Waals surface area contributed by atoms with E-state index in [1.165, 1.54) is 5.56 Å². The number of ether oxygens (including phenoxy) is 1. The number of halogens is 1. The number of benzene rings is 2. The normalized spacial score (nSPS) is 21.7. The van der Waals surface area contributed by atoms with Crippen molar-refractivity contribution >= 4 is 27.6 Å². The lowest BCUT2D eigenvalue weighted by Gasteiger charge is -2.32. The van der Waals surface area contributed by atoms with Crippen LogP contribution in [-0.4, -0.2) is 38.8 Å². The monoisotopic (exact) mass is 520 g/mol. The van der Waals surface area contributed by atoms with Gasteiger partial charge in [0.05, 0.1) is 5.41 Å². The molecule has 7 nitrogen and oxygen atoms in total. The van der Waals surface area contributed by atoms with Crippen LogP contribution in [0.2, 0.25) is 5.02 Å². The Morgan fingerprint density at radius 1 is 1.20 bits per heavy atom. The van der Waals surface area contributed by atoms with Crippen LogP contribution in [0.3, 0.4) is 0 Å². The number of hydrogen-bond acceptors (Lipinski definition) is 6. The molecule has 0 spiro atoms. The Morgan fingerprint density at radius 3 is 2.63 bits per heavy atom. The van der Waals surface area contributed by atoms with E-state index in [-0.39, 0.29) is 31.6 Å². The predicted octanol–water partition coefficient (Wildman–Crippen LogP) is 3.71. The molecular formula is C26H33ClN2O5S. The smallest absolute Gasteiger partial charge is 0.271 e. The summed E-state index contributed by atoms with van der Waals surface area (Å²) in [4.78, 5) is 11.8. The largest absolute Gasteiger partial charge is 0.491 e. The van der Waals surface area contributed by atoms with Crippen molar-refractivity contribution in [1.29, 1.82) is 0 Å². The van der Waals surface area contributed by atoms with Crippen molar-refractivity contribution in [1.82, 2.24) is 0 Å². The van der Waals surface area contributed by atoms with Crippen molar-refractivity contribution in [3.8, 4) is 5.75 Å². The van der Waals surface area contributed by atoms with Gasteiger partial charge < -0.3 is 16.2 Å². The molecule has 3 atom stereocenters. The van der Waals surface area contributed by atoms with Crippen LogP contribution < -0.4 is 16.2 Å². The molecule has 2 aliphatic rings. The molecule has 2 aromatic rings. The number of hydrogen-bond donors (Lipinski definition) is 2. The van der Waals surface area contributed by atoms with E-state index in [0.29, 0.717) is 23.6 Å². The second kappa shape index (κ2) is 10.5. The highest BCUT2D eigenvalue weighted by molar-refractivity contribution is 7.87. The van der Waals surface area contributed by atoms with Crippen LogP contribution >= 0.6 is 11.6 Å². The highest BCUT2D eigenvalue weighted by Gasteiger charge is 2.59. The van der Waals surface area contributed by atoms with Crippen LogP contribution in [-0.2, 0) is 31.9 Å². The molecule has 0 aliphatic heterocycles. The fourth-order valence-corrected chi connectivity index (χ4v) is 7.28. The van der Waals surface area contributed by atoms with Crippen LogP contribution in [0.4, 0.5) is 0 Å². The van der Waals surface area contributed by atoms with Crippen LogP contribution in [0, 0.1) is 5.41 Å². The quantitative estimate of drug-likeness (QED) is 0.344. The SMILES string of the molecule is CCC(C1(C(N)=O)CC1)S(=O)(=O)OCCOc1ccc2c(c1)C(Cc1cccc(Cl)c1)C(N)CC2. The molecule has 35 heavy (non-hydrogen) atoms. The second-order valence-corrected chi connectivity index (χ2v) is 11.8. The van der Waals surface area contributed by atoms with Gasteiger partial charge in [0.2, 0.25) is 5.91 Å². The third-order valence-electron chi connectivity index (χ3n) is 7.34. The van der Waals surface area contributed by atoms with Gasteiger partial charge in [-0.1, -0.05) is 36.7 Å². The molecule has 1 amide bonds. The van der Waals surface area contributed by atoms with Crippen LogP contribution in [0.5, 0.6) is 5.75 Å². The number of carbonyl (C=O) groups is 1. The van der Waals surface area contributed by atoms with E-state index in [4.69, 9.17) is 32.0 Å². The molecule has 0 heterocycles. The van der Waals surface area contributed by atoms with E-state index >= 15 is 0 Å². The van der Waals surface area contributed by atoms with Gasteiger partial charge in [-0.15, -0.1) is 0 Å². The minimum absolute atomic E-state index is 0.0242. The maximum absolute atomic E-state index is 12.7. The van der Waals surface area contributed by atoms with Crippen molar-refractivity contribution in [3.63, 3.8) is 0 Å². The highest BCUT2D eigenvalue weighted by atomic mass is 35.5. The van der Waals surface area contributed by atoms with Crippen molar-refractivity contribution in [2.75, 3.05) is 13.2 Å².